The first-order chi connectivity index (χ1) is 14.9. The predicted octanol–water partition coefficient (Wildman–Crippen LogP) is 4.21. The molecule has 3 rings (SSSR count). The molecule has 0 unspecified atom stereocenters. The molecular formula is C21H22N4O3S3. The lowest BCUT2D eigenvalue weighted by atomic mass is 10.1. The molecular weight excluding hydrogens is 452 g/mol. The lowest BCUT2D eigenvalue weighted by Crippen LogP contribution is -2.38. The Labute approximate surface area is 190 Å². The van der Waals surface area contributed by atoms with Crippen LogP contribution in [0.1, 0.15) is 12.5 Å². The molecule has 1 amide bonds. The number of anilines is 2. The minimum atomic E-state index is -3.94. The molecule has 162 valence electrons. The lowest BCUT2D eigenvalue weighted by Gasteiger charge is -2.24. The van der Waals surface area contributed by atoms with E-state index in [4.69, 9.17) is 0 Å². The number of hydrogen-bond donors (Lipinski definition) is 1. The SMILES string of the molecule is C=CCSc1nnc(NC(=O)CN(c2ccc(CC)cc2)S(=O)(=O)c2ccccc2)s1. The highest BCUT2D eigenvalue weighted by molar-refractivity contribution is 8.01. The first kappa shape index (κ1) is 23.0. The minimum Gasteiger partial charge on any atom is -0.299 e. The summed E-state index contributed by atoms with van der Waals surface area (Å²) in [6.07, 6.45) is 2.58. The highest BCUT2D eigenvalue weighted by atomic mass is 32.2. The van der Waals surface area contributed by atoms with Gasteiger partial charge in [-0.3, -0.25) is 14.4 Å². The van der Waals surface area contributed by atoms with E-state index in [-0.39, 0.29) is 4.90 Å². The van der Waals surface area contributed by atoms with E-state index in [9.17, 15) is 13.2 Å². The maximum atomic E-state index is 13.3. The zero-order valence-corrected chi connectivity index (χ0v) is 19.3. The number of nitrogens with one attached hydrogen (secondary N) is 1. The standard InChI is InChI=1S/C21H22N4O3S3/c1-3-14-29-21-24-23-20(30-21)22-19(26)15-25(17-12-10-16(4-2)11-13-17)31(27,28)18-8-6-5-7-9-18/h3,5-13H,1,4,14-15H2,2H3,(H,22,23,26). The summed E-state index contributed by atoms with van der Waals surface area (Å²) in [6.45, 7) is 5.28. The van der Waals surface area contributed by atoms with Crippen molar-refractivity contribution in [2.24, 2.45) is 0 Å². The van der Waals surface area contributed by atoms with Crippen LogP contribution < -0.4 is 9.62 Å². The van der Waals surface area contributed by atoms with Gasteiger partial charge >= 0.3 is 0 Å². The highest BCUT2D eigenvalue weighted by Crippen LogP contribution is 2.27. The van der Waals surface area contributed by atoms with E-state index < -0.39 is 22.5 Å². The van der Waals surface area contributed by atoms with Crippen LogP contribution in [-0.2, 0) is 21.2 Å². The third kappa shape index (κ3) is 5.93. The van der Waals surface area contributed by atoms with Crippen molar-refractivity contribution >= 4 is 49.8 Å². The fourth-order valence-electron chi connectivity index (χ4n) is 2.67. The second-order valence-electron chi connectivity index (χ2n) is 6.37. The molecule has 0 atom stereocenters. The van der Waals surface area contributed by atoms with Crippen LogP contribution in [-0.4, -0.2) is 36.8 Å². The fourth-order valence-corrected chi connectivity index (χ4v) is 5.64. The molecule has 0 bridgehead atoms. The van der Waals surface area contributed by atoms with Gasteiger partial charge in [0.1, 0.15) is 6.54 Å². The summed E-state index contributed by atoms with van der Waals surface area (Å²) < 4.78 is 28.4. The van der Waals surface area contributed by atoms with Gasteiger partial charge in [-0.05, 0) is 36.2 Å². The van der Waals surface area contributed by atoms with Gasteiger partial charge in [0.05, 0.1) is 10.6 Å². The van der Waals surface area contributed by atoms with E-state index >= 15 is 0 Å². The third-order valence-corrected chi connectivity index (χ3v) is 7.98. The van der Waals surface area contributed by atoms with Gasteiger partial charge in [-0.15, -0.1) is 16.8 Å². The van der Waals surface area contributed by atoms with E-state index in [1.165, 1.54) is 35.2 Å². The lowest BCUT2D eigenvalue weighted by molar-refractivity contribution is -0.114. The van der Waals surface area contributed by atoms with E-state index in [0.717, 1.165) is 16.3 Å². The molecule has 1 N–H and O–H groups in total. The number of thioether (sulfide) groups is 1. The first-order valence-corrected chi connectivity index (χ1v) is 12.7. The summed E-state index contributed by atoms with van der Waals surface area (Å²) in [4.78, 5) is 12.8. The molecule has 7 nitrogen and oxygen atoms in total. The van der Waals surface area contributed by atoms with Crippen LogP contribution in [0.25, 0.3) is 0 Å². The van der Waals surface area contributed by atoms with Gasteiger partial charge < -0.3 is 0 Å². The topological polar surface area (TPSA) is 92.3 Å². The number of aryl methyl sites for hydroxylation is 1. The quantitative estimate of drug-likeness (QED) is 0.269. The Morgan fingerprint density at radius 3 is 2.52 bits per heavy atom. The largest absolute Gasteiger partial charge is 0.299 e. The van der Waals surface area contributed by atoms with Gasteiger partial charge in [-0.25, -0.2) is 8.42 Å². The Morgan fingerprint density at radius 1 is 1.16 bits per heavy atom. The molecule has 0 aliphatic rings. The summed E-state index contributed by atoms with van der Waals surface area (Å²) in [6, 6.07) is 15.2. The molecule has 0 saturated heterocycles. The summed E-state index contributed by atoms with van der Waals surface area (Å²) in [5.74, 6) is 0.176. The average molecular weight is 475 g/mol. The Bertz CT molecular complexity index is 1130. The van der Waals surface area contributed by atoms with Crippen LogP contribution in [0.4, 0.5) is 10.8 Å². The number of carbonyl (C=O) groups is 1. The van der Waals surface area contributed by atoms with E-state index in [0.29, 0.717) is 20.9 Å². The number of hydrogen-bond acceptors (Lipinski definition) is 7. The normalized spacial score (nSPS) is 11.1. The second kappa shape index (κ2) is 10.6. The number of amides is 1. The van der Waals surface area contributed by atoms with Crippen molar-refractivity contribution in [3.8, 4) is 0 Å². The Kier molecular flexibility index (Phi) is 7.83. The molecule has 0 aliphatic heterocycles. The number of aromatic nitrogens is 2. The van der Waals surface area contributed by atoms with Crippen molar-refractivity contribution in [2.75, 3.05) is 21.9 Å². The molecule has 1 heterocycles. The third-order valence-electron chi connectivity index (χ3n) is 4.23. The molecule has 3 aromatic rings. The Balaban J connectivity index is 1.84. The molecule has 10 heteroatoms. The van der Waals surface area contributed by atoms with Crippen molar-refractivity contribution in [1.82, 2.24) is 10.2 Å². The van der Waals surface area contributed by atoms with Crippen LogP contribution in [0.2, 0.25) is 0 Å². The van der Waals surface area contributed by atoms with Gasteiger partial charge in [0, 0.05) is 5.75 Å². The van der Waals surface area contributed by atoms with Gasteiger partial charge in [-0.2, -0.15) is 0 Å². The fraction of sp³-hybridized carbons (Fsp3) is 0.190. The number of nitrogens with zero attached hydrogens (tertiary/aromatic N) is 3. The molecule has 0 saturated carbocycles. The van der Waals surface area contributed by atoms with E-state index in [2.05, 4.69) is 22.1 Å². The summed E-state index contributed by atoms with van der Waals surface area (Å²) in [5.41, 5.74) is 1.49. The van der Waals surface area contributed by atoms with Gasteiger partial charge in [0.2, 0.25) is 11.0 Å². The van der Waals surface area contributed by atoms with Crippen molar-refractivity contribution in [3.05, 3.63) is 72.8 Å². The zero-order valence-electron chi connectivity index (χ0n) is 16.9. The number of benzene rings is 2. The summed E-state index contributed by atoms with van der Waals surface area (Å²) in [5, 5.41) is 10.9. The van der Waals surface area contributed by atoms with Gasteiger partial charge in [-0.1, -0.05) is 66.4 Å². The number of rotatable bonds is 10. The average Bonchev–Trinajstić information content (AvgIpc) is 3.23. The molecule has 0 fully saturated rings. The Hall–Kier alpha value is -2.69. The van der Waals surface area contributed by atoms with Crippen molar-refractivity contribution in [3.63, 3.8) is 0 Å². The molecule has 31 heavy (non-hydrogen) atoms. The van der Waals surface area contributed by atoms with Crippen LogP contribution in [0, 0.1) is 0 Å². The molecule has 1 aromatic heterocycles. The minimum absolute atomic E-state index is 0.112. The first-order valence-electron chi connectivity index (χ1n) is 9.48. The Morgan fingerprint density at radius 2 is 1.87 bits per heavy atom. The van der Waals surface area contributed by atoms with Gasteiger partial charge in [0.25, 0.3) is 10.0 Å². The van der Waals surface area contributed by atoms with Crippen molar-refractivity contribution < 1.29 is 13.2 Å². The molecule has 0 spiro atoms. The van der Waals surface area contributed by atoms with Gasteiger partial charge in [0.15, 0.2) is 4.34 Å². The van der Waals surface area contributed by atoms with Crippen molar-refractivity contribution in [1.29, 1.82) is 0 Å². The smallest absolute Gasteiger partial charge is 0.264 e. The van der Waals surface area contributed by atoms with Crippen LogP contribution in [0.5, 0.6) is 0 Å². The summed E-state index contributed by atoms with van der Waals surface area (Å²) in [7, 11) is -3.94. The van der Waals surface area contributed by atoms with Crippen LogP contribution in [0.15, 0.2) is 76.5 Å². The second-order valence-corrected chi connectivity index (χ2v) is 10.5. The molecule has 0 aliphatic carbocycles. The predicted molar refractivity (Wildman–Crippen MR) is 126 cm³/mol. The summed E-state index contributed by atoms with van der Waals surface area (Å²) >= 11 is 2.68. The maximum Gasteiger partial charge on any atom is 0.264 e. The highest BCUT2D eigenvalue weighted by Gasteiger charge is 2.27. The van der Waals surface area contributed by atoms with Crippen LogP contribution in [0.3, 0.4) is 0 Å². The van der Waals surface area contributed by atoms with Crippen molar-refractivity contribution in [2.45, 2.75) is 22.6 Å². The molecule has 0 radical (unpaired) electrons. The van der Waals surface area contributed by atoms with E-state index in [1.54, 1.807) is 36.4 Å². The zero-order chi connectivity index (χ0) is 22.3. The number of sulfonamides is 1. The monoisotopic (exact) mass is 474 g/mol. The molecule has 2 aromatic carbocycles. The van der Waals surface area contributed by atoms with Crippen LogP contribution >= 0.6 is 23.1 Å². The maximum absolute atomic E-state index is 13.3. The van der Waals surface area contributed by atoms with E-state index in [1.807, 2.05) is 19.1 Å². The number of carbonyl (C=O) groups excluding carboxylic acids is 1.